The van der Waals surface area contributed by atoms with Gasteiger partial charge in [-0.3, -0.25) is 9.78 Å². The average molecular weight is 400 g/mol. The number of carbonyl (C=O) groups is 1. The summed E-state index contributed by atoms with van der Waals surface area (Å²) in [5, 5.41) is 13.6. The van der Waals surface area contributed by atoms with Crippen molar-refractivity contribution >= 4 is 17.4 Å². The van der Waals surface area contributed by atoms with E-state index in [0.717, 1.165) is 33.6 Å². The molecule has 0 saturated heterocycles. The second-order valence-electron chi connectivity index (χ2n) is 7.24. The van der Waals surface area contributed by atoms with Crippen LogP contribution in [0, 0.1) is 0 Å². The van der Waals surface area contributed by atoms with Gasteiger partial charge in [-0.15, -0.1) is 0 Å². The van der Waals surface area contributed by atoms with Gasteiger partial charge in [-0.25, -0.2) is 4.98 Å². The highest BCUT2D eigenvalue weighted by Gasteiger charge is 2.25. The largest absolute Gasteiger partial charge is 0.387 e. The highest BCUT2D eigenvalue weighted by Crippen LogP contribution is 2.30. The van der Waals surface area contributed by atoms with Gasteiger partial charge in [0.2, 0.25) is 5.91 Å². The fraction of sp³-hybridized carbons (Fsp3) is 0.182. The average Bonchev–Trinajstić information content (AvgIpc) is 3.23. The number of anilines is 1. The van der Waals surface area contributed by atoms with Gasteiger partial charge in [0.05, 0.1) is 24.1 Å². The van der Waals surface area contributed by atoms with Crippen LogP contribution >= 0.6 is 0 Å². The SMILES string of the molecule is Nc1c2c(nc3c(-c4ccc(-c5ccccc5)nc4)cnn13)CN(C(=O)CO)CC2. The van der Waals surface area contributed by atoms with Crippen molar-refractivity contribution < 1.29 is 9.90 Å². The number of hydrogen-bond acceptors (Lipinski definition) is 6. The van der Waals surface area contributed by atoms with Gasteiger partial charge < -0.3 is 15.7 Å². The summed E-state index contributed by atoms with van der Waals surface area (Å²) in [6.07, 6.45) is 4.12. The number of pyridine rings is 1. The number of hydrogen-bond donors (Lipinski definition) is 2. The maximum Gasteiger partial charge on any atom is 0.248 e. The molecule has 0 unspecified atom stereocenters. The molecule has 5 rings (SSSR count). The van der Waals surface area contributed by atoms with Crippen LogP contribution in [-0.4, -0.2) is 48.6 Å². The first-order valence-electron chi connectivity index (χ1n) is 9.71. The van der Waals surface area contributed by atoms with Gasteiger partial charge in [-0.05, 0) is 12.5 Å². The Morgan fingerprint density at radius 3 is 2.67 bits per heavy atom. The number of amides is 1. The van der Waals surface area contributed by atoms with Crippen LogP contribution < -0.4 is 5.73 Å². The lowest BCUT2D eigenvalue weighted by molar-refractivity contribution is -0.135. The molecule has 8 nitrogen and oxygen atoms in total. The third kappa shape index (κ3) is 2.98. The minimum Gasteiger partial charge on any atom is -0.387 e. The smallest absolute Gasteiger partial charge is 0.248 e. The predicted octanol–water partition coefficient (Wildman–Crippen LogP) is 1.92. The Kier molecular flexibility index (Phi) is 4.40. The van der Waals surface area contributed by atoms with Crippen LogP contribution in [0.5, 0.6) is 0 Å². The van der Waals surface area contributed by atoms with Crippen LogP contribution in [-0.2, 0) is 17.8 Å². The summed E-state index contributed by atoms with van der Waals surface area (Å²) < 4.78 is 1.64. The van der Waals surface area contributed by atoms with Gasteiger partial charge in [0.25, 0.3) is 0 Å². The van der Waals surface area contributed by atoms with Crippen molar-refractivity contribution in [3.63, 3.8) is 0 Å². The van der Waals surface area contributed by atoms with Gasteiger partial charge in [0.1, 0.15) is 12.4 Å². The molecule has 0 atom stereocenters. The molecule has 0 saturated carbocycles. The van der Waals surface area contributed by atoms with E-state index in [2.05, 4.69) is 10.1 Å². The molecule has 0 bridgehead atoms. The third-order valence-corrected chi connectivity index (χ3v) is 5.47. The van der Waals surface area contributed by atoms with E-state index in [4.69, 9.17) is 15.8 Å². The summed E-state index contributed by atoms with van der Waals surface area (Å²) in [5.74, 6) is 0.224. The van der Waals surface area contributed by atoms with E-state index < -0.39 is 6.61 Å². The van der Waals surface area contributed by atoms with Gasteiger partial charge in [-0.1, -0.05) is 36.4 Å². The van der Waals surface area contributed by atoms with Crippen LogP contribution in [0.1, 0.15) is 11.3 Å². The molecular weight excluding hydrogens is 380 g/mol. The molecule has 3 aromatic heterocycles. The van der Waals surface area contributed by atoms with E-state index >= 15 is 0 Å². The number of carbonyl (C=O) groups excluding carboxylic acids is 1. The van der Waals surface area contributed by atoms with Gasteiger partial charge in [0.15, 0.2) is 5.65 Å². The number of aliphatic hydroxyl groups excluding tert-OH is 1. The molecular formula is C22H20N6O2. The summed E-state index contributed by atoms with van der Waals surface area (Å²) in [6, 6.07) is 13.9. The van der Waals surface area contributed by atoms with Crippen molar-refractivity contribution in [2.75, 3.05) is 18.9 Å². The van der Waals surface area contributed by atoms with Crippen molar-refractivity contribution in [3.8, 4) is 22.4 Å². The maximum atomic E-state index is 11.9. The first-order valence-corrected chi connectivity index (χ1v) is 9.71. The molecule has 0 aliphatic carbocycles. The molecule has 1 aromatic carbocycles. The van der Waals surface area contributed by atoms with Crippen molar-refractivity contribution in [3.05, 3.63) is 66.1 Å². The van der Waals surface area contributed by atoms with Crippen LogP contribution in [0.25, 0.3) is 28.0 Å². The molecule has 8 heteroatoms. The molecule has 3 N–H and O–H groups in total. The third-order valence-electron chi connectivity index (χ3n) is 5.47. The highest BCUT2D eigenvalue weighted by atomic mass is 16.3. The molecule has 0 radical (unpaired) electrons. The molecule has 1 aliphatic rings. The van der Waals surface area contributed by atoms with E-state index in [9.17, 15) is 4.79 Å². The summed E-state index contributed by atoms with van der Waals surface area (Å²) in [4.78, 5) is 22.9. The molecule has 0 spiro atoms. The molecule has 4 aromatic rings. The minimum atomic E-state index is -0.509. The Bertz CT molecular complexity index is 1230. The van der Waals surface area contributed by atoms with Crippen LogP contribution in [0.3, 0.4) is 0 Å². The quantitative estimate of drug-likeness (QED) is 0.544. The maximum absolute atomic E-state index is 11.9. The van der Waals surface area contributed by atoms with Crippen molar-refractivity contribution in [2.45, 2.75) is 13.0 Å². The van der Waals surface area contributed by atoms with Crippen molar-refractivity contribution in [2.24, 2.45) is 0 Å². The van der Waals surface area contributed by atoms with Crippen LogP contribution in [0.15, 0.2) is 54.9 Å². The molecule has 30 heavy (non-hydrogen) atoms. The number of nitrogens with zero attached hydrogens (tertiary/aromatic N) is 5. The topological polar surface area (TPSA) is 110 Å². The summed E-state index contributed by atoms with van der Waals surface area (Å²) >= 11 is 0. The Morgan fingerprint density at radius 2 is 1.93 bits per heavy atom. The van der Waals surface area contributed by atoms with E-state index in [-0.39, 0.29) is 5.91 Å². The fourth-order valence-corrected chi connectivity index (χ4v) is 3.86. The second kappa shape index (κ2) is 7.23. The highest BCUT2D eigenvalue weighted by molar-refractivity contribution is 5.80. The zero-order chi connectivity index (χ0) is 20.7. The summed E-state index contributed by atoms with van der Waals surface area (Å²) in [7, 11) is 0. The fourth-order valence-electron chi connectivity index (χ4n) is 3.86. The standard InChI is InChI=1S/C22H20N6O2/c23-21-16-8-9-27(20(30)13-29)12-19(16)26-22-17(11-25-28(21)22)15-6-7-18(24-10-15)14-4-2-1-3-5-14/h1-7,10-11,29H,8-9,12-13,23H2. The predicted molar refractivity (Wildman–Crippen MR) is 112 cm³/mol. The molecule has 150 valence electrons. The second-order valence-corrected chi connectivity index (χ2v) is 7.24. The van der Waals surface area contributed by atoms with Crippen LogP contribution in [0.2, 0.25) is 0 Å². The van der Waals surface area contributed by atoms with Crippen molar-refractivity contribution in [1.29, 1.82) is 0 Å². The van der Waals surface area contributed by atoms with Gasteiger partial charge in [-0.2, -0.15) is 9.61 Å². The summed E-state index contributed by atoms with van der Waals surface area (Å²) in [5.41, 5.74) is 12.3. The normalized spacial score (nSPS) is 13.4. The molecule has 1 aliphatic heterocycles. The number of nitrogen functional groups attached to an aromatic ring is 1. The van der Waals surface area contributed by atoms with Gasteiger partial charge >= 0.3 is 0 Å². The number of benzene rings is 1. The van der Waals surface area contributed by atoms with E-state index in [1.807, 2.05) is 42.5 Å². The Balaban J connectivity index is 1.55. The van der Waals surface area contributed by atoms with Crippen LogP contribution in [0.4, 0.5) is 5.82 Å². The minimum absolute atomic E-state index is 0.310. The van der Waals surface area contributed by atoms with Crippen molar-refractivity contribution in [1.82, 2.24) is 24.5 Å². The Hall–Kier alpha value is -3.78. The molecule has 1 amide bonds. The first-order chi connectivity index (χ1) is 14.7. The number of nitrogens with two attached hydrogens (primary N) is 1. The monoisotopic (exact) mass is 400 g/mol. The molecule has 4 heterocycles. The number of fused-ring (bicyclic) bond motifs is 2. The number of aliphatic hydroxyl groups is 1. The Morgan fingerprint density at radius 1 is 1.10 bits per heavy atom. The van der Waals surface area contributed by atoms with E-state index in [1.165, 1.54) is 0 Å². The molecule has 0 fully saturated rings. The number of aromatic nitrogens is 4. The first kappa shape index (κ1) is 18.3. The lowest BCUT2D eigenvalue weighted by atomic mass is 10.0. The lowest BCUT2D eigenvalue weighted by Gasteiger charge is -2.28. The van der Waals surface area contributed by atoms with Gasteiger partial charge in [0, 0.05) is 35.0 Å². The Labute approximate surface area is 172 Å². The van der Waals surface area contributed by atoms with E-state index in [0.29, 0.717) is 31.0 Å². The zero-order valence-electron chi connectivity index (χ0n) is 16.2. The summed E-state index contributed by atoms with van der Waals surface area (Å²) in [6.45, 7) is 0.318. The lowest BCUT2D eigenvalue weighted by Crippen LogP contribution is -2.38. The van der Waals surface area contributed by atoms with E-state index in [1.54, 1.807) is 21.8 Å². The number of rotatable bonds is 3. The zero-order valence-corrected chi connectivity index (χ0v) is 16.2.